The van der Waals surface area contributed by atoms with Crippen LogP contribution in [-0.2, 0) is 0 Å². The Hall–Kier alpha value is -1.76. The zero-order valence-corrected chi connectivity index (χ0v) is 7.84. The highest BCUT2D eigenvalue weighted by atomic mass is 32.1. The third kappa shape index (κ3) is 1.10. The lowest BCUT2D eigenvalue weighted by Crippen LogP contribution is -2.21. The summed E-state index contributed by atoms with van der Waals surface area (Å²) in [6.07, 6.45) is 0. The van der Waals surface area contributed by atoms with Gasteiger partial charge in [0.25, 0.3) is 5.56 Å². The van der Waals surface area contributed by atoms with Gasteiger partial charge in [0.1, 0.15) is 5.52 Å². The summed E-state index contributed by atoms with van der Waals surface area (Å²) in [6.45, 7) is 1.65. The molecule has 0 amide bonds. The number of aromatic nitrogens is 3. The van der Waals surface area contributed by atoms with Gasteiger partial charge in [-0.2, -0.15) is 0 Å². The number of carboxylic acids is 1. The van der Waals surface area contributed by atoms with E-state index in [1.165, 1.54) is 0 Å². The number of thiophene rings is 1. The van der Waals surface area contributed by atoms with E-state index in [1.54, 1.807) is 6.92 Å². The molecular weight excluding hydrogens is 206 g/mol. The minimum absolute atomic E-state index is 0.0592. The molecule has 72 valence electrons. The van der Waals surface area contributed by atoms with Crippen molar-refractivity contribution in [1.29, 1.82) is 0 Å². The highest BCUT2D eigenvalue weighted by Crippen LogP contribution is 2.25. The minimum atomic E-state index is -1.34. The molecular formula is C7H4N3O3S-. The van der Waals surface area contributed by atoms with Gasteiger partial charge >= 0.3 is 0 Å². The number of carboxylic acid groups (broad SMARTS) is 1. The fourth-order valence-corrected chi connectivity index (χ4v) is 2.13. The zero-order valence-electron chi connectivity index (χ0n) is 7.03. The van der Waals surface area contributed by atoms with Crippen molar-refractivity contribution in [1.82, 2.24) is 15.4 Å². The molecule has 0 aliphatic heterocycles. The molecule has 1 N–H and O–H groups in total. The van der Waals surface area contributed by atoms with E-state index in [1.807, 2.05) is 0 Å². The van der Waals surface area contributed by atoms with Crippen molar-refractivity contribution in [3.8, 4) is 0 Å². The Balaban J connectivity index is 2.98. The molecule has 14 heavy (non-hydrogen) atoms. The van der Waals surface area contributed by atoms with Crippen LogP contribution in [0.2, 0.25) is 0 Å². The molecule has 0 unspecified atom stereocenters. The van der Waals surface area contributed by atoms with Gasteiger partial charge in [-0.3, -0.25) is 4.79 Å². The van der Waals surface area contributed by atoms with Crippen LogP contribution in [0.5, 0.6) is 0 Å². The number of hydrogen-bond acceptors (Lipinski definition) is 6. The Kier molecular flexibility index (Phi) is 1.81. The van der Waals surface area contributed by atoms with Crippen molar-refractivity contribution in [3.63, 3.8) is 0 Å². The Labute approximate surface area is 81.2 Å². The number of fused-ring (bicyclic) bond motifs is 1. The van der Waals surface area contributed by atoms with Gasteiger partial charge in [-0.05, 0) is 6.92 Å². The predicted octanol–water partition coefficient (Wildman–Crippen LogP) is -0.948. The molecule has 7 heteroatoms. The summed E-state index contributed by atoms with van der Waals surface area (Å²) in [6, 6.07) is 0. The molecule has 0 aliphatic rings. The number of aryl methyl sites for hydroxylation is 1. The van der Waals surface area contributed by atoms with Crippen molar-refractivity contribution in [2.24, 2.45) is 0 Å². The molecule has 0 saturated carbocycles. The molecule has 0 aliphatic carbocycles. The number of carbonyl (C=O) groups is 1. The fourth-order valence-electron chi connectivity index (χ4n) is 1.21. The maximum absolute atomic E-state index is 11.3. The summed E-state index contributed by atoms with van der Waals surface area (Å²) in [5.74, 6) is -1.34. The van der Waals surface area contributed by atoms with Crippen LogP contribution in [0.3, 0.4) is 0 Å². The zero-order chi connectivity index (χ0) is 10.3. The molecule has 2 heterocycles. The van der Waals surface area contributed by atoms with E-state index in [-0.39, 0.29) is 15.8 Å². The molecule has 0 saturated heterocycles. The van der Waals surface area contributed by atoms with Gasteiger partial charge in [-0.1, -0.05) is 5.21 Å². The van der Waals surface area contributed by atoms with Crippen molar-refractivity contribution in [2.75, 3.05) is 0 Å². The number of nitrogens with one attached hydrogen (secondary N) is 1. The Morgan fingerprint density at radius 3 is 2.93 bits per heavy atom. The second-order valence-electron chi connectivity index (χ2n) is 2.64. The number of nitrogens with zero attached hydrogens (tertiary/aromatic N) is 2. The summed E-state index contributed by atoms with van der Waals surface area (Å²) in [4.78, 5) is 22.5. The fraction of sp³-hybridized carbons (Fsp3) is 0.143. The maximum atomic E-state index is 11.3. The van der Waals surface area contributed by atoms with Crippen LogP contribution in [0, 0.1) is 6.92 Å². The van der Waals surface area contributed by atoms with E-state index >= 15 is 0 Å². The summed E-state index contributed by atoms with van der Waals surface area (Å²) in [5, 5.41) is 19.9. The molecule has 0 spiro atoms. The number of carbonyl (C=O) groups excluding carboxylic acids is 1. The van der Waals surface area contributed by atoms with Gasteiger partial charge in [0.05, 0.1) is 16.2 Å². The number of rotatable bonds is 1. The molecule has 2 rings (SSSR count). The Morgan fingerprint density at radius 2 is 2.29 bits per heavy atom. The van der Waals surface area contributed by atoms with E-state index < -0.39 is 11.5 Å². The van der Waals surface area contributed by atoms with Crippen molar-refractivity contribution in [2.45, 2.75) is 6.92 Å². The van der Waals surface area contributed by atoms with Gasteiger partial charge in [-0.15, -0.1) is 16.4 Å². The van der Waals surface area contributed by atoms with Crippen molar-refractivity contribution >= 4 is 28.2 Å². The lowest BCUT2D eigenvalue weighted by atomic mass is 10.3. The average Bonchev–Trinajstić information content (AvgIpc) is 2.45. The second-order valence-corrected chi connectivity index (χ2v) is 3.86. The molecule has 2 aromatic heterocycles. The number of aromatic carboxylic acids is 1. The highest BCUT2D eigenvalue weighted by molar-refractivity contribution is 7.15. The van der Waals surface area contributed by atoms with Gasteiger partial charge in [0.15, 0.2) is 0 Å². The van der Waals surface area contributed by atoms with Gasteiger partial charge in [-0.25, -0.2) is 5.10 Å². The molecule has 2 aromatic rings. The van der Waals surface area contributed by atoms with E-state index in [2.05, 4.69) is 15.4 Å². The topological polar surface area (TPSA) is 98.8 Å². The summed E-state index contributed by atoms with van der Waals surface area (Å²) in [5.41, 5.74) is -0.340. The first-order chi connectivity index (χ1) is 6.61. The molecule has 6 nitrogen and oxygen atoms in total. The van der Waals surface area contributed by atoms with Crippen LogP contribution in [0.4, 0.5) is 0 Å². The van der Waals surface area contributed by atoms with Crippen LogP contribution < -0.4 is 10.7 Å². The van der Waals surface area contributed by atoms with E-state index in [0.717, 1.165) is 11.3 Å². The Bertz CT molecular complexity index is 571. The van der Waals surface area contributed by atoms with E-state index in [0.29, 0.717) is 4.88 Å². The van der Waals surface area contributed by atoms with E-state index in [9.17, 15) is 14.7 Å². The van der Waals surface area contributed by atoms with Gasteiger partial charge in [0, 0.05) is 4.88 Å². The molecule has 0 atom stereocenters. The quantitative estimate of drug-likeness (QED) is 0.654. The predicted molar refractivity (Wildman–Crippen MR) is 47.1 cm³/mol. The summed E-state index contributed by atoms with van der Waals surface area (Å²) < 4.78 is 0. The van der Waals surface area contributed by atoms with Crippen LogP contribution in [0.1, 0.15) is 14.5 Å². The minimum Gasteiger partial charge on any atom is -0.544 e. The number of hydrogen-bond donors (Lipinski definition) is 1. The van der Waals surface area contributed by atoms with Crippen LogP contribution in [-0.4, -0.2) is 21.4 Å². The number of aromatic amines is 1. The highest BCUT2D eigenvalue weighted by Gasteiger charge is 2.13. The maximum Gasteiger partial charge on any atom is 0.276 e. The van der Waals surface area contributed by atoms with E-state index in [4.69, 9.17) is 0 Å². The molecule has 0 fully saturated rings. The number of H-pyrrole nitrogens is 1. The third-order valence-corrected chi connectivity index (χ3v) is 2.85. The van der Waals surface area contributed by atoms with Gasteiger partial charge < -0.3 is 9.90 Å². The molecule has 0 radical (unpaired) electrons. The summed E-state index contributed by atoms with van der Waals surface area (Å²) >= 11 is 0.965. The normalized spacial score (nSPS) is 10.6. The lowest BCUT2D eigenvalue weighted by molar-refractivity contribution is -0.254. The van der Waals surface area contributed by atoms with Crippen molar-refractivity contribution < 1.29 is 9.90 Å². The SMILES string of the molecule is Cc1sc(C(=O)[O-])c2nn[nH]c(=O)c12. The monoisotopic (exact) mass is 210 g/mol. The first-order valence-electron chi connectivity index (χ1n) is 3.67. The average molecular weight is 210 g/mol. The lowest BCUT2D eigenvalue weighted by Gasteiger charge is -1.95. The second kappa shape index (κ2) is 2.88. The van der Waals surface area contributed by atoms with Gasteiger partial charge in [0.2, 0.25) is 0 Å². The summed E-state index contributed by atoms with van der Waals surface area (Å²) in [7, 11) is 0. The van der Waals surface area contributed by atoms with Crippen LogP contribution in [0.25, 0.3) is 10.9 Å². The molecule has 0 aromatic carbocycles. The smallest absolute Gasteiger partial charge is 0.276 e. The van der Waals surface area contributed by atoms with Crippen LogP contribution in [0.15, 0.2) is 4.79 Å². The Morgan fingerprint density at radius 1 is 1.57 bits per heavy atom. The van der Waals surface area contributed by atoms with Crippen molar-refractivity contribution in [3.05, 3.63) is 20.1 Å². The largest absolute Gasteiger partial charge is 0.544 e. The molecule has 0 bridgehead atoms. The standard InChI is InChI=1S/C7H5N3O3S/c1-2-3-4(5(14-2)7(12)13)8-10-9-6(3)11/h1H3,(H,12,13)(H,8,9,11)/p-1. The first-order valence-corrected chi connectivity index (χ1v) is 4.48. The third-order valence-electron chi connectivity index (χ3n) is 1.77. The first kappa shape index (κ1) is 8.82. The van der Waals surface area contributed by atoms with Crippen LogP contribution >= 0.6 is 11.3 Å².